The van der Waals surface area contributed by atoms with Crippen molar-refractivity contribution >= 4 is 22.7 Å². The third-order valence-corrected chi connectivity index (χ3v) is 5.06. The Morgan fingerprint density at radius 1 is 1.38 bits per heavy atom. The fraction of sp³-hybridized carbons (Fsp3) is 0.353. The van der Waals surface area contributed by atoms with E-state index in [-0.39, 0.29) is 6.10 Å². The summed E-state index contributed by atoms with van der Waals surface area (Å²) in [5.41, 5.74) is 2.10. The predicted octanol–water partition coefficient (Wildman–Crippen LogP) is 3.22. The number of nitrogens with one attached hydrogen (secondary N) is 1. The number of nitrogens with zero attached hydrogens (tertiary/aromatic N) is 4. The summed E-state index contributed by atoms with van der Waals surface area (Å²) in [6.07, 6.45) is 4.30. The lowest BCUT2D eigenvalue weighted by Crippen LogP contribution is -2.16. The molecule has 1 atom stereocenters. The van der Waals surface area contributed by atoms with Gasteiger partial charge in [0.05, 0.1) is 24.5 Å². The summed E-state index contributed by atoms with van der Waals surface area (Å²) in [7, 11) is 0. The van der Waals surface area contributed by atoms with Gasteiger partial charge in [-0.15, -0.1) is 10.2 Å². The number of fused-ring (bicyclic) bond motifs is 1. The number of hydrogen-bond donors (Lipinski definition) is 1. The van der Waals surface area contributed by atoms with Crippen LogP contribution in [0.25, 0.3) is 22.3 Å². The van der Waals surface area contributed by atoms with Gasteiger partial charge in [-0.25, -0.2) is 0 Å². The fourth-order valence-electron chi connectivity index (χ4n) is 3.10. The molecule has 24 heavy (non-hydrogen) atoms. The van der Waals surface area contributed by atoms with Gasteiger partial charge in [-0.2, -0.15) is 5.26 Å². The molecule has 1 fully saturated rings. The maximum absolute atomic E-state index is 8.88. The highest BCUT2D eigenvalue weighted by molar-refractivity contribution is 7.99. The van der Waals surface area contributed by atoms with Crippen molar-refractivity contribution in [3.63, 3.8) is 0 Å². The standard InChI is InChI=1S/C17H17N5OS/c18-7-9-24-17-21-20-16(22(17)11-12-4-3-8-23-12)14-10-19-15-6-2-1-5-13(14)15/h1-2,5-6,10,12,19H,3-4,8-9,11H2/t12-/m1/s1. The van der Waals surface area contributed by atoms with E-state index in [9.17, 15) is 0 Å². The molecule has 7 heteroatoms. The SMILES string of the molecule is N#CCSc1nnc(-c2c[nH]c3ccccc23)n1C[C@H]1CCCO1. The Bertz CT molecular complexity index is 888. The summed E-state index contributed by atoms with van der Waals surface area (Å²) < 4.78 is 7.88. The Balaban J connectivity index is 1.76. The van der Waals surface area contributed by atoms with Crippen molar-refractivity contribution in [2.45, 2.75) is 30.6 Å². The van der Waals surface area contributed by atoms with Crippen LogP contribution in [0.5, 0.6) is 0 Å². The molecular weight excluding hydrogens is 322 g/mol. The molecule has 1 aromatic carbocycles. The fourth-order valence-corrected chi connectivity index (χ4v) is 3.71. The molecular formula is C17H17N5OS. The van der Waals surface area contributed by atoms with E-state index in [1.807, 2.05) is 24.4 Å². The molecule has 6 nitrogen and oxygen atoms in total. The van der Waals surface area contributed by atoms with Crippen LogP contribution in [0.1, 0.15) is 12.8 Å². The van der Waals surface area contributed by atoms with Crippen LogP contribution in [-0.4, -0.2) is 38.2 Å². The zero-order chi connectivity index (χ0) is 16.4. The first kappa shape index (κ1) is 15.2. The van der Waals surface area contributed by atoms with Crippen LogP contribution >= 0.6 is 11.8 Å². The monoisotopic (exact) mass is 339 g/mol. The lowest BCUT2D eigenvalue weighted by Gasteiger charge is -2.14. The summed E-state index contributed by atoms with van der Waals surface area (Å²) in [5, 5.41) is 19.5. The lowest BCUT2D eigenvalue weighted by atomic mass is 10.1. The maximum atomic E-state index is 8.88. The average Bonchev–Trinajstić information content (AvgIpc) is 3.33. The average molecular weight is 339 g/mol. The van der Waals surface area contributed by atoms with Crippen molar-refractivity contribution in [2.75, 3.05) is 12.4 Å². The number of H-pyrrole nitrogens is 1. The summed E-state index contributed by atoms with van der Waals surface area (Å²) in [6.45, 7) is 1.53. The summed E-state index contributed by atoms with van der Waals surface area (Å²) in [6, 6.07) is 10.3. The Kier molecular flexibility index (Phi) is 4.24. The first-order chi connectivity index (χ1) is 11.9. The topological polar surface area (TPSA) is 79.5 Å². The molecule has 3 aromatic rings. The summed E-state index contributed by atoms with van der Waals surface area (Å²) in [5.74, 6) is 1.18. The molecule has 4 rings (SSSR count). The Morgan fingerprint density at radius 3 is 3.12 bits per heavy atom. The van der Waals surface area contributed by atoms with Crippen molar-refractivity contribution in [3.8, 4) is 17.5 Å². The second-order valence-electron chi connectivity index (χ2n) is 5.75. The van der Waals surface area contributed by atoms with Gasteiger partial charge >= 0.3 is 0 Å². The zero-order valence-electron chi connectivity index (χ0n) is 13.1. The third kappa shape index (κ3) is 2.79. The number of aromatic nitrogens is 4. The van der Waals surface area contributed by atoms with E-state index in [2.05, 4.69) is 31.9 Å². The molecule has 1 N–H and O–H groups in total. The number of para-hydroxylation sites is 1. The molecule has 1 aliphatic heterocycles. The number of rotatable bonds is 5. The van der Waals surface area contributed by atoms with Crippen molar-refractivity contribution in [1.82, 2.24) is 19.7 Å². The van der Waals surface area contributed by atoms with Crippen LogP contribution in [0.15, 0.2) is 35.6 Å². The molecule has 0 saturated carbocycles. The van der Waals surface area contributed by atoms with E-state index >= 15 is 0 Å². The van der Waals surface area contributed by atoms with Gasteiger partial charge in [0.15, 0.2) is 11.0 Å². The molecule has 1 saturated heterocycles. The minimum absolute atomic E-state index is 0.186. The van der Waals surface area contributed by atoms with Crippen molar-refractivity contribution in [1.29, 1.82) is 5.26 Å². The van der Waals surface area contributed by atoms with Crippen LogP contribution in [0.2, 0.25) is 0 Å². The van der Waals surface area contributed by atoms with E-state index in [4.69, 9.17) is 10.00 Å². The van der Waals surface area contributed by atoms with Crippen molar-refractivity contribution in [2.24, 2.45) is 0 Å². The smallest absolute Gasteiger partial charge is 0.192 e. The number of hydrogen-bond acceptors (Lipinski definition) is 5. The molecule has 0 spiro atoms. The predicted molar refractivity (Wildman–Crippen MR) is 92.6 cm³/mol. The van der Waals surface area contributed by atoms with E-state index in [0.29, 0.717) is 5.75 Å². The van der Waals surface area contributed by atoms with Crippen molar-refractivity contribution < 1.29 is 4.74 Å². The van der Waals surface area contributed by atoms with E-state index in [1.165, 1.54) is 11.8 Å². The Morgan fingerprint density at radius 2 is 2.29 bits per heavy atom. The molecule has 0 unspecified atom stereocenters. The third-order valence-electron chi connectivity index (χ3n) is 4.22. The van der Waals surface area contributed by atoms with Crippen LogP contribution < -0.4 is 0 Å². The number of ether oxygens (including phenoxy) is 1. The minimum atomic E-state index is 0.186. The highest BCUT2D eigenvalue weighted by Gasteiger charge is 2.22. The molecule has 0 bridgehead atoms. The van der Waals surface area contributed by atoms with Gasteiger partial charge in [0.2, 0.25) is 0 Å². The Labute approximate surface area is 143 Å². The van der Waals surface area contributed by atoms with E-state index in [0.717, 1.165) is 53.4 Å². The van der Waals surface area contributed by atoms with Gasteiger partial charge in [0, 0.05) is 29.3 Å². The van der Waals surface area contributed by atoms with E-state index in [1.54, 1.807) is 0 Å². The number of aromatic amines is 1. The first-order valence-corrected chi connectivity index (χ1v) is 8.96. The van der Waals surface area contributed by atoms with Gasteiger partial charge in [-0.3, -0.25) is 4.57 Å². The molecule has 0 amide bonds. The number of thioether (sulfide) groups is 1. The molecule has 2 aromatic heterocycles. The van der Waals surface area contributed by atoms with Crippen LogP contribution in [0, 0.1) is 11.3 Å². The number of benzene rings is 1. The summed E-state index contributed by atoms with van der Waals surface area (Å²) >= 11 is 1.42. The van der Waals surface area contributed by atoms with Crippen LogP contribution in [0.4, 0.5) is 0 Å². The maximum Gasteiger partial charge on any atom is 0.192 e. The summed E-state index contributed by atoms with van der Waals surface area (Å²) in [4.78, 5) is 3.29. The largest absolute Gasteiger partial charge is 0.376 e. The molecule has 0 radical (unpaired) electrons. The second kappa shape index (κ2) is 6.67. The normalized spacial score (nSPS) is 17.4. The minimum Gasteiger partial charge on any atom is -0.376 e. The Hall–Kier alpha value is -2.30. The second-order valence-corrected chi connectivity index (χ2v) is 6.69. The number of nitriles is 1. The van der Waals surface area contributed by atoms with E-state index < -0.39 is 0 Å². The highest BCUT2D eigenvalue weighted by Crippen LogP contribution is 2.31. The molecule has 122 valence electrons. The first-order valence-electron chi connectivity index (χ1n) is 7.98. The van der Waals surface area contributed by atoms with Gasteiger partial charge in [-0.1, -0.05) is 30.0 Å². The van der Waals surface area contributed by atoms with Gasteiger partial charge in [0.25, 0.3) is 0 Å². The van der Waals surface area contributed by atoms with Crippen LogP contribution in [-0.2, 0) is 11.3 Å². The highest BCUT2D eigenvalue weighted by atomic mass is 32.2. The van der Waals surface area contributed by atoms with Gasteiger partial charge < -0.3 is 9.72 Å². The molecule has 0 aliphatic carbocycles. The van der Waals surface area contributed by atoms with Crippen molar-refractivity contribution in [3.05, 3.63) is 30.5 Å². The van der Waals surface area contributed by atoms with Gasteiger partial charge in [0.1, 0.15) is 0 Å². The van der Waals surface area contributed by atoms with Crippen LogP contribution in [0.3, 0.4) is 0 Å². The molecule has 3 heterocycles. The van der Waals surface area contributed by atoms with Gasteiger partial charge in [-0.05, 0) is 18.9 Å². The molecule has 1 aliphatic rings. The lowest BCUT2D eigenvalue weighted by molar-refractivity contribution is 0.0953. The quantitative estimate of drug-likeness (QED) is 0.722. The zero-order valence-corrected chi connectivity index (χ0v) is 13.9.